The summed E-state index contributed by atoms with van der Waals surface area (Å²) >= 11 is 0. The van der Waals surface area contributed by atoms with Crippen molar-refractivity contribution in [1.29, 1.82) is 0 Å². The number of nitrogens with two attached hydrogens (primary N) is 1. The molecule has 2 rings (SSSR count). The van der Waals surface area contributed by atoms with E-state index in [1.165, 1.54) is 0 Å². The summed E-state index contributed by atoms with van der Waals surface area (Å²) in [4.78, 5) is 24.5. The minimum absolute atomic E-state index is 0.0111. The summed E-state index contributed by atoms with van der Waals surface area (Å²) in [5, 5.41) is 5.50. The van der Waals surface area contributed by atoms with Crippen molar-refractivity contribution in [2.45, 2.75) is 75.5 Å². The average Bonchev–Trinajstić information content (AvgIpc) is 3.47. The first-order valence-corrected chi connectivity index (χ1v) is 18.6. The van der Waals surface area contributed by atoms with Crippen molar-refractivity contribution in [3.8, 4) is 29.3 Å². The Morgan fingerprint density at radius 1 is 1.24 bits per heavy atom. The van der Waals surface area contributed by atoms with Gasteiger partial charge in [-0.3, -0.25) is 9.59 Å². The Balaban J connectivity index is 1.70. The molecule has 1 heterocycles. The van der Waals surface area contributed by atoms with E-state index in [-0.39, 0.29) is 79.3 Å². The van der Waals surface area contributed by atoms with Gasteiger partial charge in [0.05, 0.1) is 39.1 Å². The van der Waals surface area contributed by atoms with Gasteiger partial charge in [-0.25, -0.2) is 0 Å². The predicted molar refractivity (Wildman–Crippen MR) is 199 cm³/mol. The molecule has 1 aliphatic rings. The topological polar surface area (TPSA) is 140 Å². The van der Waals surface area contributed by atoms with Gasteiger partial charge >= 0.3 is 0 Å². The minimum atomic E-state index is -0.305. The highest BCUT2D eigenvalue weighted by Crippen LogP contribution is 2.38. The molecule has 2 amide bonds. The Labute approximate surface area is 300 Å². The van der Waals surface area contributed by atoms with E-state index < -0.39 is 0 Å². The molecule has 0 aromatic heterocycles. The molecule has 0 radical (unpaired) electrons. The molecular weight excluding hydrogens is 665 g/mol. The van der Waals surface area contributed by atoms with Crippen molar-refractivity contribution in [1.82, 2.24) is 10.6 Å². The third-order valence-corrected chi connectivity index (χ3v) is 9.99. The summed E-state index contributed by atoms with van der Waals surface area (Å²) in [5.41, 5.74) is 5.66. The van der Waals surface area contributed by atoms with Gasteiger partial charge in [0.2, 0.25) is 13.2 Å². The number of rotatable bonds is 22. The summed E-state index contributed by atoms with van der Waals surface area (Å²) < 4.78 is 35.3. The number of hydrogen-bond donors (Lipinski definition) is 3. The standard InChI is InChI=1S/C35H52BN3O8S2/c1-7-11-26(3)45-23-30-29(43-18-8-2)22-31(47-30)36-14-10-16-38-32(40)24-42-19-20-44-33(48-49-35(4,5)6)25-46-28-13-9-12-27(21-28)34(41)39-17-15-37/h8-9,12-13,21,26,29-31,33,36H,2,15-20,22-25,37H2,1,3-6H3,(H,38,40)(H,39,41)/t26?,29-,30?,31-,33?/m1/s1. The SMILES string of the molecule is C=CCO[C@@H]1C[C@H](BC#CCNC(=O)COCCOC(COc2cccc(C(=O)NCCN)c2)SSC(C)(C)C)OC1COC(C)C#CC. The number of nitrogens with one attached hydrogen (secondary N) is 2. The predicted octanol–water partition coefficient (Wildman–Crippen LogP) is 2.92. The first kappa shape index (κ1) is 42.5. The number of hydrogen-bond acceptors (Lipinski definition) is 11. The van der Waals surface area contributed by atoms with E-state index in [1.54, 1.807) is 58.9 Å². The van der Waals surface area contributed by atoms with Gasteiger partial charge in [0, 0.05) is 29.4 Å². The van der Waals surface area contributed by atoms with Crippen molar-refractivity contribution in [3.63, 3.8) is 0 Å². The van der Waals surface area contributed by atoms with Crippen LogP contribution in [0.1, 0.15) is 51.4 Å². The molecule has 0 saturated carbocycles. The van der Waals surface area contributed by atoms with Gasteiger partial charge in [0.15, 0.2) is 0 Å². The highest BCUT2D eigenvalue weighted by atomic mass is 33.1. The fourth-order valence-electron chi connectivity index (χ4n) is 4.26. The molecule has 270 valence electrons. The van der Waals surface area contributed by atoms with Crippen molar-refractivity contribution < 1.29 is 38.0 Å². The first-order chi connectivity index (χ1) is 23.5. The Morgan fingerprint density at radius 3 is 2.80 bits per heavy atom. The third-order valence-electron chi connectivity index (χ3n) is 6.47. The van der Waals surface area contributed by atoms with Crippen LogP contribution in [0, 0.1) is 23.6 Å². The van der Waals surface area contributed by atoms with E-state index in [4.69, 9.17) is 34.2 Å². The van der Waals surface area contributed by atoms with Crippen LogP contribution in [-0.2, 0) is 28.5 Å². The Kier molecular flexibility index (Phi) is 21.2. The maximum atomic E-state index is 12.3. The zero-order valence-corrected chi connectivity index (χ0v) is 31.1. The largest absolute Gasteiger partial charge is 0.490 e. The fourth-order valence-corrected chi connectivity index (χ4v) is 6.45. The normalized spacial score (nSPS) is 18.2. The molecular formula is C35H52BN3O8S2. The van der Waals surface area contributed by atoms with Crippen LogP contribution in [0.2, 0.25) is 0 Å². The number of benzene rings is 1. The van der Waals surface area contributed by atoms with Crippen molar-refractivity contribution in [3.05, 3.63) is 42.5 Å². The van der Waals surface area contributed by atoms with Crippen LogP contribution < -0.4 is 21.1 Å². The lowest BCUT2D eigenvalue weighted by atomic mass is 9.71. The van der Waals surface area contributed by atoms with E-state index in [2.05, 4.69) is 61.6 Å². The minimum Gasteiger partial charge on any atom is -0.490 e. The molecule has 1 saturated heterocycles. The van der Waals surface area contributed by atoms with Gasteiger partial charge in [0.1, 0.15) is 36.6 Å². The summed E-state index contributed by atoms with van der Waals surface area (Å²) in [7, 11) is 3.76. The lowest BCUT2D eigenvalue weighted by Gasteiger charge is -2.22. The summed E-state index contributed by atoms with van der Waals surface area (Å²) in [6, 6.07) is 6.88. The zero-order valence-electron chi connectivity index (χ0n) is 29.4. The summed E-state index contributed by atoms with van der Waals surface area (Å²) in [5.74, 6) is 12.0. The summed E-state index contributed by atoms with van der Waals surface area (Å²) in [6.07, 6.45) is 1.93. The highest BCUT2D eigenvalue weighted by molar-refractivity contribution is 8.77. The monoisotopic (exact) mass is 717 g/mol. The lowest BCUT2D eigenvalue weighted by molar-refractivity contribution is -0.126. The molecule has 3 unspecified atom stereocenters. The Bertz CT molecular complexity index is 1280. The van der Waals surface area contributed by atoms with Gasteiger partial charge in [0.25, 0.3) is 5.91 Å². The van der Waals surface area contributed by atoms with Crippen LogP contribution in [-0.4, -0.2) is 113 Å². The van der Waals surface area contributed by atoms with Gasteiger partial charge in [-0.15, -0.1) is 12.5 Å². The molecule has 0 spiro atoms. The number of carbonyl (C=O) groups excluding carboxylic acids is 2. The number of ether oxygens (including phenoxy) is 6. The number of amides is 2. The van der Waals surface area contributed by atoms with Gasteiger partial charge in [-0.2, -0.15) is 5.82 Å². The van der Waals surface area contributed by atoms with E-state index in [0.29, 0.717) is 51.3 Å². The molecule has 0 bridgehead atoms. The highest BCUT2D eigenvalue weighted by Gasteiger charge is 2.36. The fraction of sp³-hybridized carbons (Fsp3) is 0.600. The second kappa shape index (κ2) is 24.5. The third kappa shape index (κ3) is 19.4. The number of carbonyl (C=O) groups is 2. The van der Waals surface area contributed by atoms with E-state index >= 15 is 0 Å². The van der Waals surface area contributed by atoms with Crippen LogP contribution in [0.3, 0.4) is 0 Å². The molecule has 4 N–H and O–H groups in total. The second-order valence-corrected chi connectivity index (χ2v) is 15.1. The molecule has 1 aromatic carbocycles. The molecule has 0 aliphatic carbocycles. The first-order valence-electron chi connectivity index (χ1n) is 16.4. The van der Waals surface area contributed by atoms with Crippen LogP contribution in [0.25, 0.3) is 0 Å². The molecule has 1 fully saturated rings. The zero-order chi connectivity index (χ0) is 35.9. The average molecular weight is 718 g/mol. The van der Waals surface area contributed by atoms with Crippen LogP contribution in [0.15, 0.2) is 36.9 Å². The molecule has 5 atom stereocenters. The molecule has 1 aromatic rings. The second-order valence-electron chi connectivity index (χ2n) is 11.9. The Hall–Kier alpha value is -2.66. The maximum Gasteiger partial charge on any atom is 0.251 e. The Morgan fingerprint density at radius 2 is 2.06 bits per heavy atom. The molecule has 49 heavy (non-hydrogen) atoms. The van der Waals surface area contributed by atoms with Crippen LogP contribution in [0.5, 0.6) is 5.75 Å². The summed E-state index contributed by atoms with van der Waals surface area (Å²) in [6.45, 7) is 16.2. The van der Waals surface area contributed by atoms with E-state index in [9.17, 15) is 9.59 Å². The molecule has 1 aliphatic heterocycles. The smallest absolute Gasteiger partial charge is 0.251 e. The van der Waals surface area contributed by atoms with Gasteiger partial charge in [-0.05, 0) is 38.5 Å². The molecule has 14 heteroatoms. The van der Waals surface area contributed by atoms with Crippen LogP contribution in [0.4, 0.5) is 0 Å². The van der Waals surface area contributed by atoms with Crippen molar-refractivity contribution in [2.24, 2.45) is 5.73 Å². The van der Waals surface area contributed by atoms with E-state index in [1.807, 2.05) is 6.92 Å². The van der Waals surface area contributed by atoms with Crippen molar-refractivity contribution >= 4 is 40.7 Å². The van der Waals surface area contributed by atoms with Crippen molar-refractivity contribution in [2.75, 3.05) is 59.3 Å². The maximum absolute atomic E-state index is 12.3. The molecule has 11 nitrogen and oxygen atoms in total. The van der Waals surface area contributed by atoms with Crippen LogP contribution >= 0.6 is 21.6 Å². The lowest BCUT2D eigenvalue weighted by Crippen LogP contribution is -2.30. The van der Waals surface area contributed by atoms with Gasteiger partial charge in [-0.1, -0.05) is 66.3 Å². The van der Waals surface area contributed by atoms with E-state index in [0.717, 1.165) is 0 Å². The quantitative estimate of drug-likeness (QED) is 0.0408. The van der Waals surface area contributed by atoms with Gasteiger partial charge < -0.3 is 44.8 Å².